The second kappa shape index (κ2) is 7.22. The lowest BCUT2D eigenvalue weighted by Gasteiger charge is -2.33. The number of oxazole rings is 1. The Bertz CT molecular complexity index is 856. The summed E-state index contributed by atoms with van der Waals surface area (Å²) in [6.07, 6.45) is 5.03. The van der Waals surface area contributed by atoms with E-state index in [4.69, 9.17) is 9.52 Å². The summed E-state index contributed by atoms with van der Waals surface area (Å²) in [6, 6.07) is 10.2. The molecule has 2 aromatic rings. The van der Waals surface area contributed by atoms with Crippen molar-refractivity contribution in [2.75, 3.05) is 18.0 Å². The highest BCUT2D eigenvalue weighted by Gasteiger charge is 2.35. The molecule has 1 amide bonds. The summed E-state index contributed by atoms with van der Waals surface area (Å²) in [5, 5.41) is 14.9. The maximum absolute atomic E-state index is 13.0. The van der Waals surface area contributed by atoms with Gasteiger partial charge in [-0.2, -0.15) is 5.10 Å². The number of carboxylic acid groups (broad SMARTS) is 1. The van der Waals surface area contributed by atoms with Crippen molar-refractivity contribution in [2.24, 2.45) is 11.0 Å². The first kappa shape index (κ1) is 17.3. The molecule has 1 saturated heterocycles. The molecule has 1 aromatic carbocycles. The molecule has 0 saturated carbocycles. The number of aromatic nitrogens is 1. The highest BCUT2D eigenvalue weighted by Crippen LogP contribution is 2.32. The summed E-state index contributed by atoms with van der Waals surface area (Å²) in [5.41, 5.74) is 1.08. The number of carboxylic acids is 1. The second-order valence-electron chi connectivity index (χ2n) is 6.72. The highest BCUT2D eigenvalue weighted by atomic mass is 16.4. The van der Waals surface area contributed by atoms with Crippen molar-refractivity contribution in [3.63, 3.8) is 0 Å². The highest BCUT2D eigenvalue weighted by molar-refractivity contribution is 5.84. The zero-order chi connectivity index (χ0) is 18.8. The van der Waals surface area contributed by atoms with Crippen LogP contribution in [0.1, 0.15) is 41.4 Å². The van der Waals surface area contributed by atoms with Crippen molar-refractivity contribution in [1.29, 1.82) is 0 Å². The fourth-order valence-corrected chi connectivity index (χ4v) is 3.59. The summed E-state index contributed by atoms with van der Waals surface area (Å²) in [4.78, 5) is 29.8. The van der Waals surface area contributed by atoms with Crippen molar-refractivity contribution in [1.82, 2.24) is 9.99 Å². The van der Waals surface area contributed by atoms with E-state index in [9.17, 15) is 9.59 Å². The van der Waals surface area contributed by atoms with Gasteiger partial charge in [0.25, 0.3) is 6.01 Å². The molecule has 4 rings (SSSR count). The molecule has 2 aliphatic rings. The Kier molecular flexibility index (Phi) is 4.62. The Labute approximate surface area is 156 Å². The van der Waals surface area contributed by atoms with E-state index in [1.807, 2.05) is 35.2 Å². The van der Waals surface area contributed by atoms with Gasteiger partial charge < -0.3 is 14.4 Å². The Morgan fingerprint density at radius 1 is 1.15 bits per heavy atom. The molecule has 8 nitrogen and oxygen atoms in total. The molecule has 1 unspecified atom stereocenters. The van der Waals surface area contributed by atoms with Crippen LogP contribution in [0.25, 0.3) is 0 Å². The number of hydrogen-bond acceptors (Lipinski definition) is 6. The monoisotopic (exact) mass is 368 g/mol. The van der Waals surface area contributed by atoms with Crippen LogP contribution in [0.4, 0.5) is 6.01 Å². The molecule has 0 aliphatic carbocycles. The minimum Gasteiger partial charge on any atom is -0.475 e. The Hall–Kier alpha value is -3.16. The quantitative estimate of drug-likeness (QED) is 0.890. The average Bonchev–Trinajstić information content (AvgIpc) is 3.38. The fourth-order valence-electron chi connectivity index (χ4n) is 3.59. The first-order valence-corrected chi connectivity index (χ1v) is 8.98. The average molecular weight is 368 g/mol. The van der Waals surface area contributed by atoms with Crippen molar-refractivity contribution in [3.8, 4) is 0 Å². The lowest BCUT2D eigenvalue weighted by Crippen LogP contribution is -2.41. The van der Waals surface area contributed by atoms with E-state index < -0.39 is 5.97 Å². The molecule has 0 spiro atoms. The van der Waals surface area contributed by atoms with Gasteiger partial charge >= 0.3 is 5.97 Å². The third-order valence-corrected chi connectivity index (χ3v) is 5.06. The minimum absolute atomic E-state index is 0.0379. The Morgan fingerprint density at radius 2 is 1.89 bits per heavy atom. The summed E-state index contributed by atoms with van der Waals surface area (Å²) >= 11 is 0. The van der Waals surface area contributed by atoms with Gasteiger partial charge in [-0.3, -0.25) is 4.79 Å². The van der Waals surface area contributed by atoms with Crippen LogP contribution in [0.3, 0.4) is 0 Å². The maximum atomic E-state index is 13.0. The predicted molar refractivity (Wildman–Crippen MR) is 97.5 cm³/mol. The van der Waals surface area contributed by atoms with E-state index in [-0.39, 0.29) is 23.6 Å². The molecule has 1 atom stereocenters. The zero-order valence-corrected chi connectivity index (χ0v) is 14.7. The third-order valence-electron chi connectivity index (χ3n) is 5.06. The van der Waals surface area contributed by atoms with Gasteiger partial charge in [0.2, 0.25) is 11.7 Å². The van der Waals surface area contributed by atoms with Gasteiger partial charge in [0.1, 0.15) is 0 Å². The number of rotatable bonds is 4. The van der Waals surface area contributed by atoms with Gasteiger partial charge in [-0.1, -0.05) is 30.3 Å². The first-order valence-electron chi connectivity index (χ1n) is 8.98. The van der Waals surface area contributed by atoms with Crippen LogP contribution in [0.5, 0.6) is 0 Å². The van der Waals surface area contributed by atoms with E-state index in [1.54, 1.807) is 11.2 Å². The maximum Gasteiger partial charge on any atom is 0.373 e. The van der Waals surface area contributed by atoms with Gasteiger partial charge in [0.05, 0.1) is 12.2 Å². The smallest absolute Gasteiger partial charge is 0.373 e. The number of aromatic carboxylic acids is 1. The molecule has 1 N–H and O–H groups in total. The number of hydrogen-bond donors (Lipinski definition) is 1. The Balaban J connectivity index is 1.39. The number of benzene rings is 1. The number of carbonyl (C=O) groups is 2. The minimum atomic E-state index is -1.14. The number of amides is 1. The first-order chi connectivity index (χ1) is 13.1. The molecular formula is C19H20N4O4. The molecule has 2 aliphatic heterocycles. The number of hydrazone groups is 1. The standard InChI is InChI=1S/C19H20N4O4/c24-17(23-15(6-9-21-23)13-4-2-1-3-5-13)14-7-10-22(11-8-14)19-20-12-16(27-19)18(25)26/h1-5,9,12,14-15H,6-8,10-11H2,(H,25,26). The molecule has 1 aromatic heterocycles. The van der Waals surface area contributed by atoms with E-state index in [0.29, 0.717) is 31.9 Å². The lowest BCUT2D eigenvalue weighted by atomic mass is 9.94. The number of carbonyl (C=O) groups excluding carboxylic acids is 1. The van der Waals surface area contributed by atoms with E-state index >= 15 is 0 Å². The van der Waals surface area contributed by atoms with Crippen molar-refractivity contribution >= 4 is 24.1 Å². The van der Waals surface area contributed by atoms with Crippen LogP contribution in [0.2, 0.25) is 0 Å². The van der Waals surface area contributed by atoms with E-state index in [2.05, 4.69) is 10.1 Å². The number of nitrogens with zero attached hydrogens (tertiary/aromatic N) is 4. The summed E-state index contributed by atoms with van der Waals surface area (Å²) in [5.74, 6) is -1.40. The number of anilines is 1. The third kappa shape index (κ3) is 3.42. The van der Waals surface area contributed by atoms with E-state index in [0.717, 1.165) is 12.0 Å². The molecule has 0 radical (unpaired) electrons. The fraction of sp³-hybridized carbons (Fsp3) is 0.368. The van der Waals surface area contributed by atoms with Crippen molar-refractivity contribution in [2.45, 2.75) is 25.3 Å². The summed E-state index contributed by atoms with van der Waals surface area (Å²) in [7, 11) is 0. The Morgan fingerprint density at radius 3 is 2.56 bits per heavy atom. The lowest BCUT2D eigenvalue weighted by molar-refractivity contribution is -0.138. The van der Waals surface area contributed by atoms with Crippen LogP contribution in [-0.4, -0.2) is 46.3 Å². The topological polar surface area (TPSA) is 99.2 Å². The second-order valence-corrected chi connectivity index (χ2v) is 6.72. The SMILES string of the molecule is O=C(O)c1cnc(N2CCC(C(=O)N3N=CCC3c3ccccc3)CC2)o1. The van der Waals surface area contributed by atoms with Gasteiger partial charge in [0.15, 0.2) is 0 Å². The van der Waals surface area contributed by atoms with Crippen molar-refractivity contribution in [3.05, 3.63) is 47.9 Å². The molecule has 140 valence electrons. The van der Waals surface area contributed by atoms with Crippen LogP contribution in [-0.2, 0) is 4.79 Å². The van der Waals surface area contributed by atoms with Crippen molar-refractivity contribution < 1.29 is 19.1 Å². The summed E-state index contributed by atoms with van der Waals surface area (Å²) < 4.78 is 5.25. The predicted octanol–water partition coefficient (Wildman–Crippen LogP) is 2.55. The molecular weight excluding hydrogens is 348 g/mol. The van der Waals surface area contributed by atoms with Gasteiger partial charge in [-0.05, 0) is 18.4 Å². The van der Waals surface area contributed by atoms with E-state index in [1.165, 1.54) is 6.20 Å². The van der Waals surface area contributed by atoms with Crippen LogP contribution in [0.15, 0.2) is 46.0 Å². The van der Waals surface area contributed by atoms with Crippen LogP contribution >= 0.6 is 0 Å². The molecule has 8 heteroatoms. The van der Waals surface area contributed by atoms with Gasteiger partial charge in [-0.15, -0.1) is 0 Å². The number of piperidine rings is 1. The molecule has 27 heavy (non-hydrogen) atoms. The largest absolute Gasteiger partial charge is 0.475 e. The molecule has 1 fully saturated rings. The zero-order valence-electron chi connectivity index (χ0n) is 14.7. The molecule has 3 heterocycles. The van der Waals surface area contributed by atoms with Crippen LogP contribution < -0.4 is 4.90 Å². The van der Waals surface area contributed by atoms with Crippen LogP contribution in [0, 0.1) is 5.92 Å². The summed E-state index contributed by atoms with van der Waals surface area (Å²) in [6.45, 7) is 1.17. The van der Waals surface area contributed by atoms with Gasteiger partial charge in [-0.25, -0.2) is 14.8 Å². The van der Waals surface area contributed by atoms with Gasteiger partial charge in [0, 0.05) is 31.6 Å². The molecule has 0 bridgehead atoms. The normalized spacial score (nSPS) is 20.2.